The van der Waals surface area contributed by atoms with Crippen LogP contribution >= 0.6 is 0 Å². The lowest BCUT2D eigenvalue weighted by Gasteiger charge is -2.17. The Balaban J connectivity index is 1.45. The maximum Gasteiger partial charge on any atom is 0.137 e. The number of halogens is 1. The molecule has 0 amide bonds. The van der Waals surface area contributed by atoms with Crippen LogP contribution in [0.4, 0.5) is 4.39 Å². The molecule has 0 fully saturated rings. The number of nitrogens with zero attached hydrogens (tertiary/aromatic N) is 2. The second-order valence-corrected chi connectivity index (χ2v) is 6.85. The van der Waals surface area contributed by atoms with Crippen LogP contribution in [0.15, 0.2) is 73.1 Å². The van der Waals surface area contributed by atoms with E-state index in [9.17, 15) is 9.50 Å². The Morgan fingerprint density at radius 2 is 1.90 bits per heavy atom. The van der Waals surface area contributed by atoms with Gasteiger partial charge in [0.05, 0.1) is 24.5 Å². The van der Waals surface area contributed by atoms with Gasteiger partial charge >= 0.3 is 0 Å². The highest BCUT2D eigenvalue weighted by Crippen LogP contribution is 2.30. The third kappa shape index (κ3) is 5.07. The average molecular weight is 420 g/mol. The molecule has 0 aliphatic rings. The molecule has 1 N–H and O–H groups in total. The van der Waals surface area contributed by atoms with Gasteiger partial charge in [-0.2, -0.15) is 0 Å². The molecule has 4 rings (SSSR count). The van der Waals surface area contributed by atoms with E-state index in [1.165, 1.54) is 19.2 Å². The first kappa shape index (κ1) is 20.6. The molecule has 0 saturated heterocycles. The van der Waals surface area contributed by atoms with Crippen LogP contribution in [0.1, 0.15) is 17.4 Å². The quantitative estimate of drug-likeness (QED) is 0.453. The molecule has 1 atom stereocenters. The van der Waals surface area contributed by atoms with Crippen LogP contribution in [-0.2, 0) is 6.61 Å². The van der Waals surface area contributed by atoms with E-state index < -0.39 is 6.10 Å². The molecule has 2 aromatic heterocycles. The fourth-order valence-electron chi connectivity index (χ4n) is 3.14. The van der Waals surface area contributed by atoms with Gasteiger partial charge in [-0.15, -0.1) is 0 Å². The van der Waals surface area contributed by atoms with Crippen molar-refractivity contribution in [3.05, 3.63) is 90.1 Å². The summed E-state index contributed by atoms with van der Waals surface area (Å²) < 4.78 is 30.2. The molecule has 4 aromatic rings. The summed E-state index contributed by atoms with van der Waals surface area (Å²) in [5.74, 6) is 1.35. The number of ether oxygens (including phenoxy) is 3. The second-order valence-electron chi connectivity index (χ2n) is 6.85. The van der Waals surface area contributed by atoms with E-state index in [4.69, 9.17) is 14.2 Å². The first-order valence-corrected chi connectivity index (χ1v) is 9.69. The standard InChI is InChI=1S/C24H21FN2O4/c1-29-24-9-7-19(12-21(24)23(28)15-31-20-3-2-10-26-13-20)30-14-18-6-4-16-11-17(25)5-8-22(16)27-18/h2-13,23,28H,14-15H2,1H3. The fraction of sp³-hybridized carbons (Fsp3) is 0.167. The monoisotopic (exact) mass is 420 g/mol. The number of benzene rings is 2. The minimum absolute atomic E-state index is 0.0360. The van der Waals surface area contributed by atoms with Gasteiger partial charge in [0.2, 0.25) is 0 Å². The fourth-order valence-corrected chi connectivity index (χ4v) is 3.14. The van der Waals surface area contributed by atoms with Crippen molar-refractivity contribution in [1.82, 2.24) is 9.97 Å². The summed E-state index contributed by atoms with van der Waals surface area (Å²) in [6, 6.07) is 16.8. The van der Waals surface area contributed by atoms with Crippen molar-refractivity contribution < 1.29 is 23.7 Å². The summed E-state index contributed by atoms with van der Waals surface area (Å²) in [6.45, 7) is 0.260. The Kier molecular flexibility index (Phi) is 6.24. The zero-order chi connectivity index (χ0) is 21.6. The molecule has 0 bridgehead atoms. The van der Waals surface area contributed by atoms with Crippen molar-refractivity contribution >= 4 is 10.9 Å². The molecule has 31 heavy (non-hydrogen) atoms. The summed E-state index contributed by atoms with van der Waals surface area (Å²) in [7, 11) is 1.54. The average Bonchev–Trinajstić information content (AvgIpc) is 2.81. The minimum atomic E-state index is -0.924. The van der Waals surface area contributed by atoms with Crippen LogP contribution < -0.4 is 14.2 Å². The number of aliphatic hydroxyl groups excluding tert-OH is 1. The van der Waals surface area contributed by atoms with Crippen LogP contribution in [0.25, 0.3) is 10.9 Å². The van der Waals surface area contributed by atoms with E-state index in [1.54, 1.807) is 54.9 Å². The smallest absolute Gasteiger partial charge is 0.137 e. The molecule has 2 aromatic carbocycles. The third-order valence-electron chi connectivity index (χ3n) is 4.70. The minimum Gasteiger partial charge on any atom is -0.496 e. The maximum atomic E-state index is 13.3. The summed E-state index contributed by atoms with van der Waals surface area (Å²) in [5, 5.41) is 11.3. The summed E-state index contributed by atoms with van der Waals surface area (Å²) in [4.78, 5) is 8.48. The lowest BCUT2D eigenvalue weighted by molar-refractivity contribution is 0.105. The maximum absolute atomic E-state index is 13.3. The Morgan fingerprint density at radius 1 is 1.00 bits per heavy atom. The number of hydrogen-bond acceptors (Lipinski definition) is 6. The molecule has 7 heteroatoms. The molecule has 6 nitrogen and oxygen atoms in total. The Labute approximate surface area is 178 Å². The van der Waals surface area contributed by atoms with Gasteiger partial charge in [-0.3, -0.25) is 4.98 Å². The largest absolute Gasteiger partial charge is 0.496 e. The molecule has 158 valence electrons. The van der Waals surface area contributed by atoms with E-state index in [1.807, 2.05) is 6.07 Å². The number of methoxy groups -OCH3 is 1. The third-order valence-corrected chi connectivity index (χ3v) is 4.70. The Bertz CT molecular complexity index is 1170. The summed E-state index contributed by atoms with van der Waals surface area (Å²) in [5.41, 5.74) is 1.95. The molecule has 2 heterocycles. The predicted molar refractivity (Wildman–Crippen MR) is 114 cm³/mol. The van der Waals surface area contributed by atoms with Gasteiger partial charge in [-0.1, -0.05) is 6.07 Å². The molecule has 0 radical (unpaired) electrons. The zero-order valence-electron chi connectivity index (χ0n) is 16.9. The molecule has 0 aliphatic carbocycles. The number of hydrogen-bond donors (Lipinski definition) is 1. The van der Waals surface area contributed by atoms with E-state index in [0.717, 1.165) is 5.39 Å². The molecule has 1 unspecified atom stereocenters. The van der Waals surface area contributed by atoms with Crippen molar-refractivity contribution in [1.29, 1.82) is 0 Å². The number of aliphatic hydroxyl groups is 1. The van der Waals surface area contributed by atoms with E-state index >= 15 is 0 Å². The molecular formula is C24H21FN2O4. The SMILES string of the molecule is COc1ccc(OCc2ccc3cc(F)ccc3n2)cc1C(O)COc1cccnc1. The number of aromatic nitrogens is 2. The van der Waals surface area contributed by atoms with Gasteiger partial charge in [0, 0.05) is 17.1 Å². The van der Waals surface area contributed by atoms with E-state index in [2.05, 4.69) is 9.97 Å². The molecule has 0 saturated carbocycles. The van der Waals surface area contributed by atoms with Gasteiger partial charge in [-0.25, -0.2) is 9.37 Å². The summed E-state index contributed by atoms with van der Waals surface area (Å²) in [6.07, 6.45) is 2.30. The highest BCUT2D eigenvalue weighted by atomic mass is 19.1. The lowest BCUT2D eigenvalue weighted by atomic mass is 10.1. The predicted octanol–water partition coefficient (Wildman–Crippen LogP) is 4.47. The van der Waals surface area contributed by atoms with Gasteiger partial charge < -0.3 is 19.3 Å². The Morgan fingerprint density at radius 3 is 2.71 bits per heavy atom. The normalized spacial score (nSPS) is 11.8. The van der Waals surface area contributed by atoms with Crippen LogP contribution in [0, 0.1) is 5.82 Å². The van der Waals surface area contributed by atoms with E-state index in [0.29, 0.717) is 34.0 Å². The van der Waals surface area contributed by atoms with Crippen LogP contribution in [0.3, 0.4) is 0 Å². The van der Waals surface area contributed by atoms with Crippen molar-refractivity contribution in [2.75, 3.05) is 13.7 Å². The van der Waals surface area contributed by atoms with Crippen LogP contribution in [-0.4, -0.2) is 28.8 Å². The van der Waals surface area contributed by atoms with Crippen molar-refractivity contribution in [3.8, 4) is 17.2 Å². The van der Waals surface area contributed by atoms with Gasteiger partial charge in [-0.05, 0) is 54.6 Å². The van der Waals surface area contributed by atoms with Crippen LogP contribution in [0.5, 0.6) is 17.2 Å². The Hall–Kier alpha value is -3.71. The number of fused-ring (bicyclic) bond motifs is 1. The van der Waals surface area contributed by atoms with E-state index in [-0.39, 0.29) is 19.0 Å². The lowest BCUT2D eigenvalue weighted by Crippen LogP contribution is -2.11. The second kappa shape index (κ2) is 9.40. The number of pyridine rings is 2. The molecular weight excluding hydrogens is 399 g/mol. The van der Waals surface area contributed by atoms with Crippen LogP contribution in [0.2, 0.25) is 0 Å². The van der Waals surface area contributed by atoms with Crippen molar-refractivity contribution in [2.45, 2.75) is 12.7 Å². The van der Waals surface area contributed by atoms with Gasteiger partial charge in [0.25, 0.3) is 0 Å². The first-order chi connectivity index (χ1) is 15.1. The van der Waals surface area contributed by atoms with Crippen molar-refractivity contribution in [3.63, 3.8) is 0 Å². The molecule has 0 spiro atoms. The summed E-state index contributed by atoms with van der Waals surface area (Å²) >= 11 is 0. The number of rotatable bonds is 8. The van der Waals surface area contributed by atoms with Gasteiger partial charge in [0.15, 0.2) is 0 Å². The van der Waals surface area contributed by atoms with Gasteiger partial charge in [0.1, 0.15) is 42.4 Å². The topological polar surface area (TPSA) is 73.7 Å². The van der Waals surface area contributed by atoms with Crippen molar-refractivity contribution in [2.24, 2.45) is 0 Å². The highest BCUT2D eigenvalue weighted by molar-refractivity contribution is 5.78. The molecule has 0 aliphatic heterocycles. The highest BCUT2D eigenvalue weighted by Gasteiger charge is 2.16. The zero-order valence-corrected chi connectivity index (χ0v) is 16.9. The first-order valence-electron chi connectivity index (χ1n) is 9.69.